The fourth-order valence-corrected chi connectivity index (χ4v) is 4.20. The van der Waals surface area contributed by atoms with Crippen molar-refractivity contribution in [3.8, 4) is 5.75 Å². The number of para-hydroxylation sites is 1. The third-order valence-corrected chi connectivity index (χ3v) is 5.92. The monoisotopic (exact) mass is 484 g/mol. The molecule has 1 aromatic heterocycles. The summed E-state index contributed by atoms with van der Waals surface area (Å²) in [7, 11) is 1.73. The summed E-state index contributed by atoms with van der Waals surface area (Å²) in [5.41, 5.74) is 2.80. The van der Waals surface area contributed by atoms with E-state index in [1.54, 1.807) is 13.2 Å². The van der Waals surface area contributed by atoms with E-state index in [9.17, 15) is 14.0 Å². The van der Waals surface area contributed by atoms with Crippen LogP contribution < -0.4 is 4.74 Å². The Morgan fingerprint density at radius 2 is 1.83 bits per heavy atom. The van der Waals surface area contributed by atoms with Gasteiger partial charge >= 0.3 is 11.9 Å². The van der Waals surface area contributed by atoms with Gasteiger partial charge in [-0.15, -0.1) is 0 Å². The molecule has 0 spiro atoms. The van der Waals surface area contributed by atoms with Crippen LogP contribution in [0, 0.1) is 5.82 Å². The lowest BCUT2D eigenvalue weighted by Gasteiger charge is -2.31. The fourth-order valence-electron chi connectivity index (χ4n) is 4.20. The van der Waals surface area contributed by atoms with Crippen LogP contribution in [-0.2, 0) is 16.0 Å². The fraction of sp³-hybridized carbons (Fsp3) is 0.346. The van der Waals surface area contributed by atoms with Gasteiger partial charge < -0.3 is 24.4 Å². The maximum atomic E-state index is 13.3. The number of rotatable bonds is 8. The van der Waals surface area contributed by atoms with Crippen molar-refractivity contribution in [2.24, 2.45) is 0 Å². The second-order valence-electron chi connectivity index (χ2n) is 8.25. The van der Waals surface area contributed by atoms with Crippen molar-refractivity contribution in [1.82, 2.24) is 10.1 Å². The zero-order chi connectivity index (χ0) is 25.2. The average molecular weight is 485 g/mol. The van der Waals surface area contributed by atoms with Gasteiger partial charge in [0.2, 0.25) is 0 Å². The van der Waals surface area contributed by atoms with E-state index in [2.05, 4.69) is 22.2 Å². The summed E-state index contributed by atoms with van der Waals surface area (Å²) in [4.78, 5) is 21.6. The Balaban J connectivity index is 0.000000371. The number of fused-ring (bicyclic) bond motifs is 1. The number of aliphatic carboxylic acids is 2. The number of carboxylic acid groups (broad SMARTS) is 2. The van der Waals surface area contributed by atoms with Crippen molar-refractivity contribution < 1.29 is 33.5 Å². The summed E-state index contributed by atoms with van der Waals surface area (Å²) >= 11 is 0. The van der Waals surface area contributed by atoms with Crippen LogP contribution in [0.25, 0.3) is 11.0 Å². The summed E-state index contributed by atoms with van der Waals surface area (Å²) in [6, 6.07) is 12.9. The number of ether oxygens (including phenoxy) is 1. The lowest BCUT2D eigenvalue weighted by molar-refractivity contribution is -0.134. The van der Waals surface area contributed by atoms with Gasteiger partial charge in [-0.2, -0.15) is 0 Å². The number of carboxylic acids is 2. The summed E-state index contributed by atoms with van der Waals surface area (Å²) < 4.78 is 24.1. The molecule has 2 aromatic carbocycles. The molecule has 3 aromatic rings. The molecule has 0 atom stereocenters. The van der Waals surface area contributed by atoms with Crippen molar-refractivity contribution in [3.63, 3.8) is 0 Å². The zero-order valence-corrected chi connectivity index (χ0v) is 19.5. The second kappa shape index (κ2) is 12.7. The van der Waals surface area contributed by atoms with Gasteiger partial charge in [0.15, 0.2) is 5.58 Å². The standard InChI is InChI=1S/C22H25FN2O2.C4H4O4/c1-26-20-7-3-2-5-16(20)6-4-12-25-13-10-17(11-14-25)22-19-9-8-18(23)15-21(19)27-24-22;5-3(6)1-2-4(7)8/h2-3,5,7-9,15,17H,4,6,10-14H2,1H3;1-2H,(H,5,6)(H,7,8)/b;2-1+. The first-order chi connectivity index (χ1) is 16.9. The summed E-state index contributed by atoms with van der Waals surface area (Å²) in [5.74, 6) is -1.43. The molecule has 2 heterocycles. The summed E-state index contributed by atoms with van der Waals surface area (Å²) in [6.45, 7) is 3.22. The lowest BCUT2D eigenvalue weighted by Crippen LogP contribution is -2.34. The van der Waals surface area contributed by atoms with Gasteiger partial charge in [0.1, 0.15) is 11.6 Å². The van der Waals surface area contributed by atoms with Gasteiger partial charge in [0, 0.05) is 29.5 Å². The van der Waals surface area contributed by atoms with E-state index in [-0.39, 0.29) is 5.82 Å². The van der Waals surface area contributed by atoms with E-state index in [0.717, 1.165) is 62.1 Å². The van der Waals surface area contributed by atoms with Crippen molar-refractivity contribution in [3.05, 3.63) is 71.7 Å². The molecule has 0 aliphatic carbocycles. The topological polar surface area (TPSA) is 113 Å². The third kappa shape index (κ3) is 7.65. The van der Waals surface area contributed by atoms with Crippen molar-refractivity contribution in [2.75, 3.05) is 26.7 Å². The molecule has 0 saturated carbocycles. The quantitative estimate of drug-likeness (QED) is 0.450. The summed E-state index contributed by atoms with van der Waals surface area (Å²) in [6.07, 6.45) is 5.40. The molecule has 35 heavy (non-hydrogen) atoms. The van der Waals surface area contributed by atoms with Gasteiger partial charge in [0.25, 0.3) is 0 Å². The van der Waals surface area contributed by atoms with Crippen LogP contribution >= 0.6 is 0 Å². The van der Waals surface area contributed by atoms with Crippen molar-refractivity contribution in [1.29, 1.82) is 0 Å². The molecule has 2 N–H and O–H groups in total. The number of methoxy groups -OCH3 is 1. The molecular weight excluding hydrogens is 455 g/mol. The largest absolute Gasteiger partial charge is 0.496 e. The van der Waals surface area contributed by atoms with E-state index >= 15 is 0 Å². The first kappa shape index (κ1) is 25.9. The third-order valence-electron chi connectivity index (χ3n) is 5.92. The van der Waals surface area contributed by atoms with E-state index in [1.807, 2.05) is 12.1 Å². The molecule has 0 amide bonds. The van der Waals surface area contributed by atoms with Crippen LogP contribution in [0.4, 0.5) is 4.39 Å². The van der Waals surface area contributed by atoms with Crippen LogP contribution in [0.5, 0.6) is 5.75 Å². The molecule has 186 valence electrons. The van der Waals surface area contributed by atoms with Crippen LogP contribution in [0.3, 0.4) is 0 Å². The van der Waals surface area contributed by atoms with Gasteiger partial charge in [0.05, 0.1) is 12.8 Å². The predicted octanol–water partition coefficient (Wildman–Crippen LogP) is 4.50. The van der Waals surface area contributed by atoms with Gasteiger partial charge in [-0.3, -0.25) is 0 Å². The SMILES string of the molecule is COc1ccccc1CCCN1CCC(c2noc3cc(F)ccc23)CC1.O=C(O)/C=C/C(=O)O. The first-order valence-electron chi connectivity index (χ1n) is 11.4. The highest BCUT2D eigenvalue weighted by Crippen LogP contribution is 2.32. The Morgan fingerprint density at radius 3 is 2.49 bits per heavy atom. The van der Waals surface area contributed by atoms with Crippen LogP contribution in [0.1, 0.15) is 36.4 Å². The number of piperidine rings is 1. The molecule has 4 rings (SSSR count). The number of halogens is 1. The van der Waals surface area contributed by atoms with E-state index in [0.29, 0.717) is 23.7 Å². The van der Waals surface area contributed by atoms with Crippen LogP contribution in [0.15, 0.2) is 59.1 Å². The highest BCUT2D eigenvalue weighted by molar-refractivity contribution is 5.89. The number of hydrogen-bond donors (Lipinski definition) is 2. The molecular formula is C26H29FN2O6. The van der Waals surface area contributed by atoms with Crippen molar-refractivity contribution >= 4 is 22.9 Å². The number of aryl methyl sites for hydroxylation is 1. The minimum absolute atomic E-state index is 0.282. The predicted molar refractivity (Wildman–Crippen MR) is 128 cm³/mol. The molecule has 0 unspecified atom stereocenters. The molecule has 1 fully saturated rings. The number of likely N-dealkylation sites (tertiary alicyclic amines) is 1. The summed E-state index contributed by atoms with van der Waals surface area (Å²) in [5, 5.41) is 20.8. The molecule has 8 nitrogen and oxygen atoms in total. The molecule has 0 radical (unpaired) electrons. The molecule has 1 aliphatic heterocycles. The maximum absolute atomic E-state index is 13.3. The Hall–Kier alpha value is -3.72. The first-order valence-corrected chi connectivity index (χ1v) is 11.4. The minimum atomic E-state index is -1.26. The number of hydrogen-bond acceptors (Lipinski definition) is 6. The van der Waals surface area contributed by atoms with Crippen LogP contribution in [0.2, 0.25) is 0 Å². The van der Waals surface area contributed by atoms with Gasteiger partial charge in [-0.25, -0.2) is 14.0 Å². The Bertz CT molecular complexity index is 1150. The molecule has 0 bridgehead atoms. The molecule has 1 aliphatic rings. The number of carbonyl (C=O) groups is 2. The normalized spacial score (nSPS) is 14.6. The number of benzene rings is 2. The highest BCUT2D eigenvalue weighted by Gasteiger charge is 2.25. The Kier molecular flexibility index (Phi) is 9.37. The van der Waals surface area contributed by atoms with Crippen molar-refractivity contribution in [2.45, 2.75) is 31.6 Å². The lowest BCUT2D eigenvalue weighted by atomic mass is 9.91. The smallest absolute Gasteiger partial charge is 0.328 e. The van der Waals surface area contributed by atoms with Gasteiger partial charge in [-0.1, -0.05) is 23.4 Å². The highest BCUT2D eigenvalue weighted by atomic mass is 19.1. The van der Waals surface area contributed by atoms with E-state index in [4.69, 9.17) is 19.5 Å². The number of nitrogens with zero attached hydrogens (tertiary/aromatic N) is 2. The van der Waals surface area contributed by atoms with Gasteiger partial charge in [-0.05, 0) is 69.1 Å². The number of aromatic nitrogens is 1. The Labute approximate surface area is 202 Å². The molecule has 1 saturated heterocycles. The second-order valence-corrected chi connectivity index (χ2v) is 8.25. The zero-order valence-electron chi connectivity index (χ0n) is 19.5. The van der Waals surface area contributed by atoms with E-state index < -0.39 is 11.9 Å². The molecule has 9 heteroatoms. The van der Waals surface area contributed by atoms with Crippen LogP contribution in [-0.4, -0.2) is 59.0 Å². The Morgan fingerprint density at radius 1 is 1.14 bits per heavy atom. The maximum Gasteiger partial charge on any atom is 0.328 e. The van der Waals surface area contributed by atoms with E-state index in [1.165, 1.54) is 17.7 Å². The minimum Gasteiger partial charge on any atom is -0.496 e. The average Bonchev–Trinajstić information content (AvgIpc) is 3.27.